The lowest BCUT2D eigenvalue weighted by Gasteiger charge is -2.25. The Balaban J connectivity index is 1.92. The Morgan fingerprint density at radius 1 is 1.20 bits per heavy atom. The van der Waals surface area contributed by atoms with E-state index in [1.165, 1.54) is 6.42 Å². The summed E-state index contributed by atoms with van der Waals surface area (Å²) in [4.78, 5) is 16.7. The smallest absolute Gasteiger partial charge is 0.192 e. The zero-order valence-corrected chi connectivity index (χ0v) is 11.5. The highest BCUT2D eigenvalue weighted by Crippen LogP contribution is 2.29. The van der Waals surface area contributed by atoms with Crippen LogP contribution >= 0.6 is 0 Å². The molecule has 0 saturated heterocycles. The van der Waals surface area contributed by atoms with Crippen molar-refractivity contribution in [1.82, 2.24) is 4.98 Å². The number of aliphatic hydroxyl groups is 1. The molecule has 0 spiro atoms. The molecule has 2 aromatic rings. The van der Waals surface area contributed by atoms with E-state index in [-0.39, 0.29) is 11.7 Å². The fourth-order valence-electron chi connectivity index (χ4n) is 3.16. The Bertz CT molecular complexity index is 612. The van der Waals surface area contributed by atoms with Gasteiger partial charge in [-0.3, -0.25) is 9.78 Å². The minimum absolute atomic E-state index is 0.119. The van der Waals surface area contributed by atoms with Crippen molar-refractivity contribution in [2.24, 2.45) is 5.92 Å². The van der Waals surface area contributed by atoms with Crippen molar-refractivity contribution in [2.45, 2.75) is 38.2 Å². The lowest BCUT2D eigenvalue weighted by molar-refractivity contribution is 0.0536. The van der Waals surface area contributed by atoms with Crippen LogP contribution in [0.25, 0.3) is 10.8 Å². The number of Topliss-reactive ketones (excluding diaryl/α,β-unsaturated/α-hetero) is 1. The monoisotopic (exact) mass is 269 g/mol. The summed E-state index contributed by atoms with van der Waals surface area (Å²) in [5.74, 6) is -0.0259. The predicted molar refractivity (Wildman–Crippen MR) is 78.7 cm³/mol. The van der Waals surface area contributed by atoms with Gasteiger partial charge in [-0.15, -0.1) is 0 Å². The van der Waals surface area contributed by atoms with Gasteiger partial charge in [0, 0.05) is 23.3 Å². The summed E-state index contributed by atoms with van der Waals surface area (Å²) in [7, 11) is 0. The number of rotatable bonds is 3. The van der Waals surface area contributed by atoms with Gasteiger partial charge in [0.2, 0.25) is 0 Å². The van der Waals surface area contributed by atoms with Gasteiger partial charge < -0.3 is 5.11 Å². The highest BCUT2D eigenvalue weighted by Gasteiger charge is 2.28. The number of carbonyl (C=O) groups excluding carboxylic acids is 1. The van der Waals surface area contributed by atoms with Gasteiger partial charge in [0.05, 0.1) is 0 Å². The van der Waals surface area contributed by atoms with Crippen molar-refractivity contribution in [3.05, 3.63) is 42.2 Å². The van der Waals surface area contributed by atoms with E-state index in [4.69, 9.17) is 0 Å². The first-order chi connectivity index (χ1) is 9.77. The van der Waals surface area contributed by atoms with Crippen LogP contribution in [0.5, 0.6) is 0 Å². The molecule has 1 unspecified atom stereocenters. The average molecular weight is 269 g/mol. The molecule has 0 bridgehead atoms. The molecule has 1 aliphatic carbocycles. The Hall–Kier alpha value is -1.74. The second-order valence-corrected chi connectivity index (χ2v) is 5.61. The van der Waals surface area contributed by atoms with Crippen molar-refractivity contribution in [1.29, 1.82) is 0 Å². The summed E-state index contributed by atoms with van der Waals surface area (Å²) < 4.78 is 0. The van der Waals surface area contributed by atoms with E-state index in [1.54, 1.807) is 18.5 Å². The number of aliphatic hydroxyl groups excluding tert-OH is 1. The molecule has 1 heterocycles. The van der Waals surface area contributed by atoms with Gasteiger partial charge in [-0.1, -0.05) is 37.5 Å². The molecular weight excluding hydrogens is 250 g/mol. The predicted octanol–water partition coefficient (Wildman–Crippen LogP) is 3.36. The summed E-state index contributed by atoms with van der Waals surface area (Å²) in [6, 6.07) is 7.43. The first kappa shape index (κ1) is 13.3. The SMILES string of the molecule is O=C(c1cccc2cnccc12)C(O)C1CCCCC1. The zero-order valence-electron chi connectivity index (χ0n) is 11.5. The van der Waals surface area contributed by atoms with Crippen LogP contribution in [0.15, 0.2) is 36.7 Å². The molecule has 3 nitrogen and oxygen atoms in total. The van der Waals surface area contributed by atoms with Crippen LogP contribution in [0.1, 0.15) is 42.5 Å². The lowest BCUT2D eigenvalue weighted by atomic mass is 9.82. The normalized spacial score (nSPS) is 18.1. The van der Waals surface area contributed by atoms with E-state index in [2.05, 4.69) is 4.98 Å². The van der Waals surface area contributed by atoms with Crippen LogP contribution in [0.3, 0.4) is 0 Å². The lowest BCUT2D eigenvalue weighted by Crippen LogP contribution is -2.31. The van der Waals surface area contributed by atoms with Crippen LogP contribution in [-0.2, 0) is 0 Å². The van der Waals surface area contributed by atoms with E-state index in [0.29, 0.717) is 5.56 Å². The molecule has 1 aliphatic rings. The zero-order chi connectivity index (χ0) is 13.9. The largest absolute Gasteiger partial charge is 0.385 e. The summed E-state index contributed by atoms with van der Waals surface area (Å²) >= 11 is 0. The molecular formula is C17H19NO2. The van der Waals surface area contributed by atoms with Crippen LogP contribution in [-0.4, -0.2) is 22.0 Å². The van der Waals surface area contributed by atoms with Gasteiger partial charge in [-0.05, 0) is 30.2 Å². The van der Waals surface area contributed by atoms with E-state index in [9.17, 15) is 9.90 Å². The van der Waals surface area contributed by atoms with E-state index < -0.39 is 6.10 Å². The van der Waals surface area contributed by atoms with Gasteiger partial charge in [-0.25, -0.2) is 0 Å². The molecule has 1 aromatic heterocycles. The Morgan fingerprint density at radius 2 is 2.00 bits per heavy atom. The maximum absolute atomic E-state index is 12.6. The van der Waals surface area contributed by atoms with Gasteiger partial charge in [0.25, 0.3) is 0 Å². The maximum atomic E-state index is 12.6. The number of pyridine rings is 1. The molecule has 0 amide bonds. The number of hydrogen-bond donors (Lipinski definition) is 1. The van der Waals surface area contributed by atoms with Crippen LogP contribution < -0.4 is 0 Å². The molecule has 1 N–H and O–H groups in total. The molecule has 1 saturated carbocycles. The van der Waals surface area contributed by atoms with Crippen molar-refractivity contribution in [3.63, 3.8) is 0 Å². The number of ketones is 1. The van der Waals surface area contributed by atoms with Crippen molar-refractivity contribution < 1.29 is 9.90 Å². The molecule has 1 fully saturated rings. The molecule has 0 radical (unpaired) electrons. The second kappa shape index (κ2) is 5.71. The molecule has 1 atom stereocenters. The number of nitrogens with zero attached hydrogens (tertiary/aromatic N) is 1. The number of carbonyl (C=O) groups is 1. The third-order valence-corrected chi connectivity index (χ3v) is 4.31. The third kappa shape index (κ3) is 2.46. The maximum Gasteiger partial charge on any atom is 0.192 e. The van der Waals surface area contributed by atoms with Crippen molar-refractivity contribution in [3.8, 4) is 0 Å². The second-order valence-electron chi connectivity index (χ2n) is 5.61. The molecule has 3 rings (SSSR count). The minimum Gasteiger partial charge on any atom is -0.385 e. The van der Waals surface area contributed by atoms with E-state index in [0.717, 1.165) is 36.5 Å². The van der Waals surface area contributed by atoms with E-state index >= 15 is 0 Å². The number of hydrogen-bond acceptors (Lipinski definition) is 3. The third-order valence-electron chi connectivity index (χ3n) is 4.31. The van der Waals surface area contributed by atoms with Crippen LogP contribution in [0.4, 0.5) is 0 Å². The summed E-state index contributed by atoms with van der Waals surface area (Å²) in [5, 5.41) is 12.2. The molecule has 1 aromatic carbocycles. The fourth-order valence-corrected chi connectivity index (χ4v) is 3.16. The van der Waals surface area contributed by atoms with Gasteiger partial charge in [0.1, 0.15) is 6.10 Å². The van der Waals surface area contributed by atoms with Gasteiger partial charge >= 0.3 is 0 Å². The Labute approximate surface area is 118 Å². The molecule has 0 aliphatic heterocycles. The van der Waals surface area contributed by atoms with Gasteiger partial charge in [-0.2, -0.15) is 0 Å². The minimum atomic E-state index is -0.867. The number of benzene rings is 1. The summed E-state index contributed by atoms with van der Waals surface area (Å²) in [6.45, 7) is 0. The molecule has 3 heteroatoms. The highest BCUT2D eigenvalue weighted by molar-refractivity contribution is 6.09. The fraction of sp³-hybridized carbons (Fsp3) is 0.412. The number of aromatic nitrogens is 1. The van der Waals surface area contributed by atoms with Crippen molar-refractivity contribution >= 4 is 16.6 Å². The topological polar surface area (TPSA) is 50.2 Å². The van der Waals surface area contributed by atoms with Crippen molar-refractivity contribution in [2.75, 3.05) is 0 Å². The molecule has 20 heavy (non-hydrogen) atoms. The van der Waals surface area contributed by atoms with Gasteiger partial charge in [0.15, 0.2) is 5.78 Å². The molecule has 104 valence electrons. The number of fused-ring (bicyclic) bond motifs is 1. The van der Waals surface area contributed by atoms with Crippen LogP contribution in [0.2, 0.25) is 0 Å². The van der Waals surface area contributed by atoms with Crippen LogP contribution in [0, 0.1) is 5.92 Å². The summed E-state index contributed by atoms with van der Waals surface area (Å²) in [5.41, 5.74) is 0.614. The first-order valence-electron chi connectivity index (χ1n) is 7.32. The highest BCUT2D eigenvalue weighted by atomic mass is 16.3. The Morgan fingerprint density at radius 3 is 2.80 bits per heavy atom. The quantitative estimate of drug-likeness (QED) is 0.869. The first-order valence-corrected chi connectivity index (χ1v) is 7.32. The standard InChI is InChI=1S/C17H19NO2/c19-16(12-5-2-1-3-6-12)17(20)15-8-4-7-13-11-18-10-9-14(13)15/h4,7-12,16,19H,1-3,5-6H2. The summed E-state index contributed by atoms with van der Waals surface area (Å²) in [6.07, 6.45) is 7.94. The van der Waals surface area contributed by atoms with E-state index in [1.807, 2.05) is 18.2 Å². The average Bonchev–Trinajstić information content (AvgIpc) is 2.54. The Kier molecular flexibility index (Phi) is 3.79.